The maximum Gasteiger partial charge on any atom is 0.151 e. The molecule has 0 aromatic heterocycles. The third kappa shape index (κ3) is 1.46. The zero-order chi connectivity index (χ0) is 7.94. The number of hydrogen-bond donors (Lipinski definition) is 1. The average Bonchev–Trinajstić information content (AvgIpc) is 2.35. The third-order valence-corrected chi connectivity index (χ3v) is 3.57. The van der Waals surface area contributed by atoms with Crippen LogP contribution in [-0.4, -0.2) is 24.9 Å². The van der Waals surface area contributed by atoms with Gasteiger partial charge in [-0.1, -0.05) is 12.2 Å². The monoisotopic (exact) mass is 179 g/mol. The van der Waals surface area contributed by atoms with Crippen LogP contribution in [0, 0.1) is 5.92 Å². The van der Waals surface area contributed by atoms with Crippen LogP contribution in [0.15, 0.2) is 0 Å². The maximum atomic E-state index is 10.8. The van der Waals surface area contributed by atoms with Gasteiger partial charge in [-0.2, -0.15) is 0 Å². The summed E-state index contributed by atoms with van der Waals surface area (Å²) >= 11 is 4.64. The first-order valence-corrected chi connectivity index (χ1v) is 5.27. The summed E-state index contributed by atoms with van der Waals surface area (Å²) < 4.78 is 21.6. The smallest absolute Gasteiger partial charge is 0.151 e. The van der Waals surface area contributed by atoms with Crippen molar-refractivity contribution in [3.63, 3.8) is 0 Å². The summed E-state index contributed by atoms with van der Waals surface area (Å²) in [6.07, 6.45) is 1.84. The fourth-order valence-corrected chi connectivity index (χ4v) is 2.59. The van der Waals surface area contributed by atoms with Gasteiger partial charge in [0.1, 0.15) is 0 Å². The Bertz CT molecular complexity index is 257. The van der Waals surface area contributed by atoms with Crippen LogP contribution in [0.5, 0.6) is 0 Å². The lowest BCUT2D eigenvalue weighted by Crippen LogP contribution is -2.16. The van der Waals surface area contributed by atoms with Crippen molar-refractivity contribution >= 4 is 27.0 Å². The first-order valence-electron chi connectivity index (χ1n) is 2.91. The number of hydrogen-bond acceptors (Lipinski definition) is 3. The molecule has 2 N–H and O–H groups in total. The van der Waals surface area contributed by atoms with E-state index >= 15 is 0 Å². The van der Waals surface area contributed by atoms with Gasteiger partial charge in [0, 0.05) is 12.2 Å². The number of rotatable bonds is 2. The second kappa shape index (κ2) is 2.17. The molecule has 0 saturated heterocycles. The minimum atomic E-state index is -2.89. The van der Waals surface area contributed by atoms with E-state index in [0.29, 0.717) is 11.4 Å². The lowest BCUT2D eigenvalue weighted by atomic mass is 10.4. The average molecular weight is 179 g/mol. The van der Waals surface area contributed by atoms with Crippen LogP contribution in [0.3, 0.4) is 0 Å². The van der Waals surface area contributed by atoms with E-state index < -0.39 is 9.84 Å². The molecule has 0 unspecified atom stereocenters. The van der Waals surface area contributed by atoms with E-state index in [1.165, 1.54) is 6.26 Å². The van der Waals surface area contributed by atoms with Crippen molar-refractivity contribution < 1.29 is 8.42 Å². The topological polar surface area (TPSA) is 60.2 Å². The zero-order valence-corrected chi connectivity index (χ0v) is 7.21. The lowest BCUT2D eigenvalue weighted by Gasteiger charge is -1.92. The number of sulfone groups is 1. The highest BCUT2D eigenvalue weighted by molar-refractivity contribution is 7.91. The molecule has 0 amide bonds. The number of nitrogens with two attached hydrogens (primary N) is 1. The molecule has 10 heavy (non-hydrogen) atoms. The molecule has 0 aromatic rings. The predicted octanol–water partition coefficient (Wildman–Crippen LogP) is -0.294. The summed E-state index contributed by atoms with van der Waals surface area (Å²) in [6.45, 7) is 0. The lowest BCUT2D eigenvalue weighted by molar-refractivity contribution is 0.600. The van der Waals surface area contributed by atoms with Gasteiger partial charge in [0.2, 0.25) is 0 Å². The third-order valence-electron chi connectivity index (χ3n) is 1.65. The molecule has 2 atom stereocenters. The summed E-state index contributed by atoms with van der Waals surface area (Å²) in [4.78, 5) is 0.329. The molecular weight excluding hydrogens is 170 g/mol. The van der Waals surface area contributed by atoms with Crippen molar-refractivity contribution in [3.8, 4) is 0 Å². The molecule has 3 nitrogen and oxygen atoms in total. The van der Waals surface area contributed by atoms with Crippen molar-refractivity contribution in [2.75, 3.05) is 6.26 Å². The standard InChI is InChI=1S/C5H9NO2S2/c1-10(7,8)4-2-3(4)5(6)9/h3-4H,2H2,1H3,(H2,6,9)/t3-,4-/m0/s1. The Morgan fingerprint density at radius 3 is 2.30 bits per heavy atom. The Labute approximate surface area is 65.5 Å². The van der Waals surface area contributed by atoms with E-state index in [1.807, 2.05) is 0 Å². The zero-order valence-electron chi connectivity index (χ0n) is 5.57. The summed E-state index contributed by atoms with van der Waals surface area (Å²) in [5.74, 6) is -0.0509. The molecule has 0 aromatic carbocycles. The van der Waals surface area contributed by atoms with Gasteiger partial charge in [0.25, 0.3) is 0 Å². The molecule has 0 aliphatic heterocycles. The molecule has 1 fully saturated rings. The van der Waals surface area contributed by atoms with Crippen molar-refractivity contribution in [1.29, 1.82) is 0 Å². The minimum absolute atomic E-state index is 0.0509. The normalized spacial score (nSPS) is 31.7. The summed E-state index contributed by atoms with van der Waals surface area (Å²) in [5, 5.41) is -0.287. The summed E-state index contributed by atoms with van der Waals surface area (Å²) in [6, 6.07) is 0. The van der Waals surface area contributed by atoms with Crippen molar-refractivity contribution in [2.24, 2.45) is 11.7 Å². The highest BCUT2D eigenvalue weighted by Crippen LogP contribution is 2.36. The van der Waals surface area contributed by atoms with Crippen molar-refractivity contribution in [1.82, 2.24) is 0 Å². The molecule has 1 aliphatic rings. The van der Waals surface area contributed by atoms with E-state index in [4.69, 9.17) is 5.73 Å². The Morgan fingerprint density at radius 2 is 2.20 bits per heavy atom. The van der Waals surface area contributed by atoms with E-state index in [-0.39, 0.29) is 11.2 Å². The Balaban J connectivity index is 2.64. The van der Waals surface area contributed by atoms with Gasteiger partial charge < -0.3 is 5.73 Å². The van der Waals surface area contributed by atoms with Gasteiger partial charge in [0.15, 0.2) is 9.84 Å². The van der Waals surface area contributed by atoms with E-state index in [9.17, 15) is 8.42 Å². The quantitative estimate of drug-likeness (QED) is 0.592. The second-order valence-corrected chi connectivity index (χ2v) is 5.35. The van der Waals surface area contributed by atoms with Crippen LogP contribution in [0.25, 0.3) is 0 Å². The molecule has 1 aliphatic carbocycles. The molecule has 5 heteroatoms. The van der Waals surface area contributed by atoms with Gasteiger partial charge in [-0.3, -0.25) is 0 Å². The van der Waals surface area contributed by atoms with Gasteiger partial charge in [-0.15, -0.1) is 0 Å². The molecular formula is C5H9NO2S2. The van der Waals surface area contributed by atoms with E-state index in [2.05, 4.69) is 12.2 Å². The molecule has 58 valence electrons. The minimum Gasteiger partial charge on any atom is -0.393 e. The van der Waals surface area contributed by atoms with Gasteiger partial charge in [0.05, 0.1) is 10.2 Å². The fraction of sp³-hybridized carbons (Fsp3) is 0.800. The van der Waals surface area contributed by atoms with Gasteiger partial charge >= 0.3 is 0 Å². The van der Waals surface area contributed by atoms with Crippen molar-refractivity contribution in [3.05, 3.63) is 0 Å². The molecule has 0 heterocycles. The van der Waals surface area contributed by atoms with E-state index in [1.54, 1.807) is 0 Å². The highest BCUT2D eigenvalue weighted by Gasteiger charge is 2.46. The Hall–Kier alpha value is -0.160. The van der Waals surface area contributed by atoms with Crippen molar-refractivity contribution in [2.45, 2.75) is 11.7 Å². The Kier molecular flexibility index (Phi) is 1.72. The second-order valence-electron chi connectivity index (χ2n) is 2.61. The molecule has 1 rings (SSSR count). The van der Waals surface area contributed by atoms with Crippen LogP contribution in [-0.2, 0) is 9.84 Å². The van der Waals surface area contributed by atoms with E-state index in [0.717, 1.165) is 0 Å². The van der Waals surface area contributed by atoms with Crippen LogP contribution >= 0.6 is 12.2 Å². The maximum absolute atomic E-state index is 10.8. The number of thiocarbonyl (C=S) groups is 1. The van der Waals surface area contributed by atoms with Crippen LogP contribution in [0.2, 0.25) is 0 Å². The SMILES string of the molecule is CS(=O)(=O)[C@H]1C[C@@H]1C(N)=S. The molecule has 0 spiro atoms. The molecule has 0 radical (unpaired) electrons. The van der Waals surface area contributed by atoms with Crippen LogP contribution in [0.4, 0.5) is 0 Å². The van der Waals surface area contributed by atoms with Gasteiger partial charge in [-0.25, -0.2) is 8.42 Å². The van der Waals surface area contributed by atoms with Gasteiger partial charge in [-0.05, 0) is 6.42 Å². The molecule has 1 saturated carbocycles. The predicted molar refractivity (Wildman–Crippen MR) is 43.5 cm³/mol. The summed E-state index contributed by atoms with van der Waals surface area (Å²) in [5.41, 5.74) is 5.25. The summed E-state index contributed by atoms with van der Waals surface area (Å²) in [7, 11) is -2.89. The molecule has 0 bridgehead atoms. The largest absolute Gasteiger partial charge is 0.393 e. The Morgan fingerprint density at radius 1 is 1.70 bits per heavy atom. The fourth-order valence-electron chi connectivity index (χ4n) is 0.944. The highest BCUT2D eigenvalue weighted by atomic mass is 32.2. The first kappa shape index (κ1) is 7.94. The van der Waals surface area contributed by atoms with Crippen LogP contribution < -0.4 is 5.73 Å². The first-order chi connectivity index (χ1) is 4.43. The van der Waals surface area contributed by atoms with Crippen LogP contribution in [0.1, 0.15) is 6.42 Å².